The number of halogens is 4. The van der Waals surface area contributed by atoms with Crippen molar-refractivity contribution in [3.63, 3.8) is 0 Å². The van der Waals surface area contributed by atoms with Gasteiger partial charge in [0, 0.05) is 72.5 Å². The van der Waals surface area contributed by atoms with E-state index in [1.165, 1.54) is 48.2 Å². The minimum absolute atomic E-state index is 0.0297. The molecule has 0 aliphatic carbocycles. The van der Waals surface area contributed by atoms with Gasteiger partial charge in [-0.25, -0.2) is 25.9 Å². The predicted molar refractivity (Wildman–Crippen MR) is 232 cm³/mol. The Morgan fingerprint density at radius 3 is 2.15 bits per heavy atom. The first-order valence-electron chi connectivity index (χ1n) is 20.9. The average Bonchev–Trinajstić information content (AvgIpc) is 3.54. The molecule has 15 nitrogen and oxygen atoms in total. The highest BCUT2D eigenvalue weighted by Crippen LogP contribution is 2.38. The van der Waals surface area contributed by atoms with Crippen LogP contribution in [0.3, 0.4) is 0 Å². The van der Waals surface area contributed by atoms with Crippen molar-refractivity contribution in [3.8, 4) is 0 Å². The third-order valence-electron chi connectivity index (χ3n) is 12.2. The summed E-state index contributed by atoms with van der Waals surface area (Å²) in [5.74, 6) is -4.77. The standard InChI is InChI=1S/C44H42F4N6O9S3/c45-39-27(11-15-33-38(39)43(59)54(42(33)58)35-17-18-37(55)50-41(35)57)22-53-24-29-12-13-30(53)23-52(29)20-19-28(25-64-31-9-5-2-6-10-31)49-34-16-14-32(21-36(34)65(60,61)44(46,47)48)66(62,63)51-40(56)26-7-3-1-4-8-26/h1-11,14-16,21,28-30,35,49H,12-13,17-20,22-25H2,(H,51,56)(H,50,55,57)/t28-,29?,30?,35?/m1/s1. The van der Waals surface area contributed by atoms with Crippen LogP contribution in [0.15, 0.2) is 106 Å². The van der Waals surface area contributed by atoms with Crippen molar-refractivity contribution in [2.75, 3.05) is 30.7 Å². The molecule has 4 saturated heterocycles. The van der Waals surface area contributed by atoms with E-state index < -0.39 is 93.8 Å². The predicted octanol–water partition coefficient (Wildman–Crippen LogP) is 4.95. The number of carbonyl (C=O) groups excluding carboxylic acids is 5. The van der Waals surface area contributed by atoms with Gasteiger partial charge >= 0.3 is 5.51 Å². The van der Waals surface area contributed by atoms with Crippen LogP contribution in [-0.2, 0) is 36.0 Å². The van der Waals surface area contributed by atoms with Gasteiger partial charge in [0.05, 0.1) is 21.7 Å². The average molecular weight is 971 g/mol. The second kappa shape index (κ2) is 18.5. The van der Waals surface area contributed by atoms with Crippen molar-refractivity contribution >= 4 is 66.8 Å². The fourth-order valence-electron chi connectivity index (χ4n) is 8.79. The molecule has 0 radical (unpaired) electrons. The zero-order chi connectivity index (χ0) is 47.1. The van der Waals surface area contributed by atoms with Crippen molar-refractivity contribution in [1.29, 1.82) is 0 Å². The Bertz CT molecular complexity index is 2820. The van der Waals surface area contributed by atoms with E-state index in [0.29, 0.717) is 37.0 Å². The molecule has 2 bridgehead atoms. The second-order valence-corrected chi connectivity index (χ2v) is 21.1. The molecule has 0 aromatic heterocycles. The van der Waals surface area contributed by atoms with Gasteiger partial charge in [-0.3, -0.25) is 44.0 Å². The summed E-state index contributed by atoms with van der Waals surface area (Å²) in [4.78, 5) is 67.2. The van der Waals surface area contributed by atoms with E-state index in [-0.39, 0.29) is 53.9 Å². The quantitative estimate of drug-likeness (QED) is 0.0823. The molecule has 4 atom stereocenters. The normalized spacial score (nSPS) is 20.8. The molecule has 5 amide bonds. The monoisotopic (exact) mass is 970 g/mol. The summed E-state index contributed by atoms with van der Waals surface area (Å²) in [6, 6.07) is 19.4. The number of thioether (sulfide) groups is 1. The van der Waals surface area contributed by atoms with Crippen LogP contribution in [0.2, 0.25) is 0 Å². The maximum Gasteiger partial charge on any atom is 0.501 e. The number of nitrogens with one attached hydrogen (secondary N) is 3. The number of sulfone groups is 1. The number of rotatable bonds is 15. The van der Waals surface area contributed by atoms with Gasteiger partial charge in [0.15, 0.2) is 0 Å². The van der Waals surface area contributed by atoms with E-state index in [1.807, 2.05) is 30.3 Å². The number of amides is 5. The minimum Gasteiger partial charge on any atom is -0.380 e. The first kappa shape index (κ1) is 46.8. The number of nitrogens with zero attached hydrogens (tertiary/aromatic N) is 3. The molecule has 3 unspecified atom stereocenters. The van der Waals surface area contributed by atoms with E-state index in [1.54, 1.807) is 10.8 Å². The molecule has 4 aromatic carbocycles. The van der Waals surface area contributed by atoms with Gasteiger partial charge in [-0.15, -0.1) is 11.8 Å². The number of hydrogen-bond acceptors (Lipinski definition) is 13. The Balaban J connectivity index is 0.983. The number of imide groups is 2. The van der Waals surface area contributed by atoms with E-state index >= 15 is 4.39 Å². The van der Waals surface area contributed by atoms with Crippen molar-refractivity contribution in [2.24, 2.45) is 0 Å². The highest BCUT2D eigenvalue weighted by atomic mass is 32.2. The number of benzene rings is 4. The van der Waals surface area contributed by atoms with Gasteiger partial charge in [-0.05, 0) is 74.2 Å². The summed E-state index contributed by atoms with van der Waals surface area (Å²) in [6.45, 7) is 1.56. The molecule has 5 heterocycles. The van der Waals surface area contributed by atoms with Crippen molar-refractivity contribution in [3.05, 3.63) is 119 Å². The summed E-state index contributed by atoms with van der Waals surface area (Å²) < 4.78 is 113. The fraction of sp³-hybridized carbons (Fsp3) is 0.341. The highest BCUT2D eigenvalue weighted by molar-refractivity contribution is 7.99. The van der Waals surface area contributed by atoms with Gasteiger partial charge in [-0.2, -0.15) is 13.2 Å². The van der Waals surface area contributed by atoms with Crippen LogP contribution >= 0.6 is 11.8 Å². The third-order valence-corrected chi connectivity index (χ3v) is 16.2. The molecule has 348 valence electrons. The Hall–Kier alpha value is -5.68. The Morgan fingerprint density at radius 2 is 1.50 bits per heavy atom. The van der Waals surface area contributed by atoms with Gasteiger partial charge in [-0.1, -0.05) is 42.5 Å². The topological polar surface area (TPSA) is 199 Å². The Morgan fingerprint density at radius 1 is 0.833 bits per heavy atom. The van der Waals surface area contributed by atoms with E-state index in [9.17, 15) is 54.0 Å². The molecule has 0 spiro atoms. The summed E-state index contributed by atoms with van der Waals surface area (Å²) >= 11 is 1.38. The number of fused-ring (bicyclic) bond motifs is 4. The molecular formula is C44H42F4N6O9S3. The molecule has 66 heavy (non-hydrogen) atoms. The number of piperazine rings is 1. The number of sulfonamides is 1. The molecule has 4 aromatic rings. The fourth-order valence-corrected chi connectivity index (χ4v) is 11.8. The van der Waals surface area contributed by atoms with Gasteiger partial charge in [0.25, 0.3) is 37.6 Å². The van der Waals surface area contributed by atoms with Crippen molar-refractivity contribution in [2.45, 2.75) is 83.0 Å². The minimum atomic E-state index is -6.14. The van der Waals surface area contributed by atoms with Crippen LogP contribution in [0.4, 0.5) is 23.2 Å². The van der Waals surface area contributed by atoms with Crippen LogP contribution in [0, 0.1) is 5.82 Å². The lowest BCUT2D eigenvalue weighted by Crippen LogP contribution is -2.62. The number of carbonyl (C=O) groups is 5. The largest absolute Gasteiger partial charge is 0.501 e. The maximum atomic E-state index is 16.2. The van der Waals surface area contributed by atoms with Crippen molar-refractivity contribution in [1.82, 2.24) is 24.7 Å². The second-order valence-electron chi connectivity index (χ2n) is 16.4. The van der Waals surface area contributed by atoms with E-state index in [4.69, 9.17) is 0 Å². The number of hydrogen-bond donors (Lipinski definition) is 3. The molecule has 5 aliphatic heterocycles. The first-order chi connectivity index (χ1) is 31.3. The molecule has 4 fully saturated rings. The SMILES string of the molecule is O=C1CCC(N2C(=O)c3ccc(CN4CC5CCC4CN5CC[C@H](CSc4ccccc4)Nc4ccc(S(=O)(=O)NC(=O)c5ccccc5)cc4S(=O)(=O)C(F)(F)F)c(F)c3C2=O)C(=O)N1. The van der Waals surface area contributed by atoms with Gasteiger partial charge in [0.1, 0.15) is 16.8 Å². The molecule has 0 saturated carbocycles. The zero-order valence-corrected chi connectivity index (χ0v) is 37.2. The zero-order valence-electron chi connectivity index (χ0n) is 34.8. The lowest BCUT2D eigenvalue weighted by atomic mass is 9.89. The smallest absolute Gasteiger partial charge is 0.380 e. The first-order valence-corrected chi connectivity index (χ1v) is 24.8. The lowest BCUT2D eigenvalue weighted by Gasteiger charge is -2.52. The van der Waals surface area contributed by atoms with Crippen LogP contribution in [-0.4, -0.2) is 116 Å². The molecule has 9 rings (SSSR count). The number of piperidine rings is 3. The molecular weight excluding hydrogens is 929 g/mol. The number of alkyl halides is 3. The maximum absolute atomic E-state index is 16.2. The highest BCUT2D eigenvalue weighted by Gasteiger charge is 2.49. The van der Waals surface area contributed by atoms with Crippen LogP contribution < -0.4 is 15.4 Å². The third kappa shape index (κ3) is 9.46. The lowest BCUT2D eigenvalue weighted by molar-refractivity contribution is -0.136. The van der Waals surface area contributed by atoms with Gasteiger partial charge in [0.2, 0.25) is 11.8 Å². The van der Waals surface area contributed by atoms with Crippen molar-refractivity contribution < 1.29 is 58.4 Å². The summed E-state index contributed by atoms with van der Waals surface area (Å²) in [5, 5.41) is 5.09. The van der Waals surface area contributed by atoms with Crippen LogP contribution in [0.1, 0.15) is 68.7 Å². The van der Waals surface area contributed by atoms with Crippen LogP contribution in [0.25, 0.3) is 0 Å². The van der Waals surface area contributed by atoms with E-state index in [0.717, 1.165) is 29.9 Å². The summed E-state index contributed by atoms with van der Waals surface area (Å²) in [7, 11) is -11.0. The van der Waals surface area contributed by atoms with Crippen LogP contribution in [0.5, 0.6) is 0 Å². The molecule has 5 aliphatic rings. The summed E-state index contributed by atoms with van der Waals surface area (Å²) in [5.41, 5.74) is -6.75. The van der Waals surface area contributed by atoms with E-state index in [2.05, 4.69) is 20.4 Å². The summed E-state index contributed by atoms with van der Waals surface area (Å²) in [6.07, 6.45) is 1.70. The molecule has 3 N–H and O–H groups in total. The number of anilines is 1. The molecule has 22 heteroatoms. The van der Waals surface area contributed by atoms with Gasteiger partial charge < -0.3 is 5.32 Å². The Kier molecular flexibility index (Phi) is 13.2. The Labute approximate surface area is 381 Å².